The van der Waals surface area contributed by atoms with Gasteiger partial charge in [0.15, 0.2) is 5.82 Å². The summed E-state index contributed by atoms with van der Waals surface area (Å²) in [6, 6.07) is 7.29. The van der Waals surface area contributed by atoms with Gasteiger partial charge < -0.3 is 10.6 Å². The second-order valence-corrected chi connectivity index (χ2v) is 10.4. The molecule has 5 rings (SSSR count). The van der Waals surface area contributed by atoms with Crippen LogP contribution >= 0.6 is 22.9 Å². The number of halogens is 1. The fraction of sp³-hybridized carbons (Fsp3) is 0.417. The fourth-order valence-corrected chi connectivity index (χ4v) is 5.95. The van der Waals surface area contributed by atoms with Gasteiger partial charge in [0.1, 0.15) is 16.9 Å². The van der Waals surface area contributed by atoms with Gasteiger partial charge in [0.05, 0.1) is 12.1 Å². The standard InChI is InChI=1S/C24H28ClN7OS/c1-14-15(2)34-24-21(14)22(17-4-6-18(25)7-5-17)27-19(23-29-28-16(3)32(23)24)12-20(33)31-10-8-30(13-26)9-11-31/h4-7,19H,8-13,26H2,1-3H3/t19-/m0/s1. The minimum atomic E-state index is -0.439. The lowest BCUT2D eigenvalue weighted by molar-refractivity contribution is -0.133. The van der Waals surface area contributed by atoms with Crippen LogP contribution in [0.1, 0.15) is 45.7 Å². The summed E-state index contributed by atoms with van der Waals surface area (Å²) in [4.78, 5) is 23.8. The van der Waals surface area contributed by atoms with Crippen molar-refractivity contribution in [2.24, 2.45) is 10.7 Å². The molecule has 1 saturated heterocycles. The molecule has 1 aromatic carbocycles. The number of aliphatic imine (C=N–C) groups is 1. The first kappa shape index (κ1) is 23.2. The number of benzene rings is 1. The number of hydrogen-bond acceptors (Lipinski definition) is 7. The van der Waals surface area contributed by atoms with Gasteiger partial charge in [-0.25, -0.2) is 0 Å². The number of aryl methyl sites for hydroxylation is 2. The van der Waals surface area contributed by atoms with Gasteiger partial charge in [-0.3, -0.25) is 19.3 Å². The number of piperazine rings is 1. The Hall–Kier alpha value is -2.59. The molecule has 4 heterocycles. The first-order valence-electron chi connectivity index (χ1n) is 11.4. The van der Waals surface area contributed by atoms with Gasteiger partial charge >= 0.3 is 0 Å². The van der Waals surface area contributed by atoms with Crippen LogP contribution in [0.3, 0.4) is 0 Å². The molecular weight excluding hydrogens is 470 g/mol. The molecule has 2 aromatic heterocycles. The van der Waals surface area contributed by atoms with Crippen LogP contribution < -0.4 is 5.73 Å². The zero-order chi connectivity index (χ0) is 24.0. The lowest BCUT2D eigenvalue weighted by atomic mass is 9.99. The van der Waals surface area contributed by atoms with Crippen LogP contribution in [0, 0.1) is 20.8 Å². The molecule has 1 fully saturated rings. The molecule has 0 spiro atoms. The van der Waals surface area contributed by atoms with Gasteiger partial charge in [-0.2, -0.15) is 0 Å². The van der Waals surface area contributed by atoms with Crippen LogP contribution in [0.2, 0.25) is 5.02 Å². The number of nitrogens with zero attached hydrogens (tertiary/aromatic N) is 6. The summed E-state index contributed by atoms with van der Waals surface area (Å²) in [5.74, 6) is 1.57. The molecule has 0 unspecified atom stereocenters. The van der Waals surface area contributed by atoms with Gasteiger partial charge in [-0.05, 0) is 38.5 Å². The van der Waals surface area contributed by atoms with Crippen molar-refractivity contribution in [1.29, 1.82) is 0 Å². The van der Waals surface area contributed by atoms with Gasteiger partial charge in [0.25, 0.3) is 0 Å². The molecule has 2 aliphatic heterocycles. The minimum Gasteiger partial charge on any atom is -0.340 e. The number of thiophene rings is 1. The van der Waals surface area contributed by atoms with Crippen LogP contribution in [0.5, 0.6) is 0 Å². The molecule has 0 aliphatic carbocycles. The summed E-state index contributed by atoms with van der Waals surface area (Å²) in [5.41, 5.74) is 9.84. The Morgan fingerprint density at radius 1 is 1.12 bits per heavy atom. The zero-order valence-electron chi connectivity index (χ0n) is 19.6. The van der Waals surface area contributed by atoms with Gasteiger partial charge in [0, 0.05) is 53.9 Å². The van der Waals surface area contributed by atoms with Crippen LogP contribution in [-0.4, -0.2) is 69.0 Å². The van der Waals surface area contributed by atoms with E-state index in [4.69, 9.17) is 22.3 Å². The smallest absolute Gasteiger partial charge is 0.225 e. The van der Waals surface area contributed by atoms with E-state index in [1.807, 2.05) is 36.1 Å². The number of aromatic nitrogens is 3. The molecule has 2 N–H and O–H groups in total. The van der Waals surface area contributed by atoms with Crippen molar-refractivity contribution in [2.45, 2.75) is 33.2 Å². The highest BCUT2D eigenvalue weighted by Crippen LogP contribution is 2.39. The summed E-state index contributed by atoms with van der Waals surface area (Å²) < 4.78 is 2.08. The summed E-state index contributed by atoms with van der Waals surface area (Å²) in [5, 5.41) is 10.6. The Morgan fingerprint density at radius 3 is 2.50 bits per heavy atom. The average molecular weight is 498 g/mol. The first-order valence-corrected chi connectivity index (χ1v) is 12.6. The molecular formula is C24H28ClN7OS. The van der Waals surface area contributed by atoms with Gasteiger partial charge in [-0.15, -0.1) is 21.5 Å². The number of rotatable bonds is 4. The second kappa shape index (κ2) is 9.22. The third-order valence-electron chi connectivity index (χ3n) is 6.71. The second-order valence-electron chi connectivity index (χ2n) is 8.79. The van der Waals surface area contributed by atoms with Crippen LogP contribution in [0.15, 0.2) is 29.3 Å². The number of fused-ring (bicyclic) bond motifs is 3. The number of carbonyl (C=O) groups excluding carboxylic acids is 1. The Morgan fingerprint density at radius 2 is 1.82 bits per heavy atom. The third kappa shape index (κ3) is 4.07. The van der Waals surface area contributed by atoms with E-state index in [1.54, 1.807) is 11.3 Å². The molecule has 2 aliphatic rings. The predicted octanol–water partition coefficient (Wildman–Crippen LogP) is 3.25. The number of carbonyl (C=O) groups is 1. The number of hydrogen-bond donors (Lipinski definition) is 1. The van der Waals surface area contributed by atoms with Crippen molar-refractivity contribution >= 4 is 34.6 Å². The molecule has 8 nitrogen and oxygen atoms in total. The van der Waals surface area contributed by atoms with Crippen molar-refractivity contribution in [1.82, 2.24) is 24.6 Å². The molecule has 178 valence electrons. The fourth-order valence-electron chi connectivity index (χ4n) is 4.61. The maximum Gasteiger partial charge on any atom is 0.225 e. The van der Waals surface area contributed by atoms with Crippen molar-refractivity contribution in [3.63, 3.8) is 0 Å². The Labute approximate surface area is 208 Å². The zero-order valence-corrected chi connectivity index (χ0v) is 21.2. The van der Waals surface area contributed by atoms with E-state index >= 15 is 0 Å². The SMILES string of the molecule is Cc1sc2c(c1C)C(c1ccc(Cl)cc1)=N[C@@H](CC(=O)N1CCN(CN)CC1)c1nnc(C)n1-2. The van der Waals surface area contributed by atoms with Crippen molar-refractivity contribution in [3.8, 4) is 5.00 Å². The van der Waals surface area contributed by atoms with Gasteiger partial charge in [-0.1, -0.05) is 23.7 Å². The quantitative estimate of drug-likeness (QED) is 0.597. The maximum absolute atomic E-state index is 13.3. The normalized spacial score (nSPS) is 18.3. The van der Waals surface area contributed by atoms with Crippen LogP contribution in [0.25, 0.3) is 5.00 Å². The topological polar surface area (TPSA) is 92.6 Å². The number of nitrogens with two attached hydrogens (primary N) is 1. The van der Waals surface area contributed by atoms with E-state index in [-0.39, 0.29) is 12.3 Å². The van der Waals surface area contributed by atoms with Gasteiger partial charge in [0.2, 0.25) is 5.91 Å². The Kier molecular flexibility index (Phi) is 6.28. The lowest BCUT2D eigenvalue weighted by Gasteiger charge is -2.34. The molecule has 1 amide bonds. The summed E-state index contributed by atoms with van der Waals surface area (Å²) in [6.45, 7) is 9.63. The van der Waals surface area contributed by atoms with E-state index in [0.717, 1.165) is 40.8 Å². The maximum atomic E-state index is 13.3. The largest absolute Gasteiger partial charge is 0.340 e. The molecule has 34 heavy (non-hydrogen) atoms. The van der Waals surface area contributed by atoms with Crippen molar-refractivity contribution < 1.29 is 4.79 Å². The lowest BCUT2D eigenvalue weighted by Crippen LogP contribution is -2.50. The summed E-state index contributed by atoms with van der Waals surface area (Å²) in [7, 11) is 0. The molecule has 0 saturated carbocycles. The predicted molar refractivity (Wildman–Crippen MR) is 135 cm³/mol. The van der Waals surface area contributed by atoms with Crippen molar-refractivity contribution in [3.05, 3.63) is 62.5 Å². The monoisotopic (exact) mass is 497 g/mol. The summed E-state index contributed by atoms with van der Waals surface area (Å²) >= 11 is 7.89. The molecule has 3 aromatic rings. The van der Waals surface area contributed by atoms with E-state index < -0.39 is 6.04 Å². The Bertz CT molecular complexity index is 1260. The van der Waals surface area contributed by atoms with E-state index in [2.05, 4.69) is 33.5 Å². The number of amides is 1. The van der Waals surface area contributed by atoms with E-state index in [0.29, 0.717) is 30.6 Å². The Balaban J connectivity index is 1.58. The van der Waals surface area contributed by atoms with Crippen LogP contribution in [0.4, 0.5) is 0 Å². The highest BCUT2D eigenvalue weighted by atomic mass is 35.5. The molecule has 10 heteroatoms. The summed E-state index contributed by atoms with van der Waals surface area (Å²) in [6.07, 6.45) is 0.241. The average Bonchev–Trinajstić information content (AvgIpc) is 3.31. The van der Waals surface area contributed by atoms with E-state index in [1.165, 1.54) is 10.4 Å². The molecule has 0 bridgehead atoms. The minimum absolute atomic E-state index is 0.0752. The van der Waals surface area contributed by atoms with E-state index in [9.17, 15) is 4.79 Å². The molecule has 1 atom stereocenters. The molecule has 0 radical (unpaired) electrons. The first-order chi connectivity index (χ1) is 16.4. The highest BCUT2D eigenvalue weighted by molar-refractivity contribution is 7.15. The van der Waals surface area contributed by atoms with Crippen molar-refractivity contribution in [2.75, 3.05) is 32.8 Å². The van der Waals surface area contributed by atoms with Crippen LogP contribution in [-0.2, 0) is 4.79 Å². The third-order valence-corrected chi connectivity index (χ3v) is 8.15. The highest BCUT2D eigenvalue weighted by Gasteiger charge is 2.33.